The Kier molecular flexibility index (Phi) is 41.7. The molecule has 0 aliphatic rings. The number of carbonyl (C=O) groups is 2. The summed E-state index contributed by atoms with van der Waals surface area (Å²) in [6.07, 6.45) is 30.0. The second-order valence-corrected chi connectivity index (χ2v) is 18.9. The average Bonchev–Trinajstić information content (AvgIpc) is 3.06. The second-order valence-electron chi connectivity index (χ2n) is 15.4. The van der Waals surface area contributed by atoms with Crippen molar-refractivity contribution in [1.82, 2.24) is 10.6 Å². The minimum atomic E-state index is -0.966. The smallest absolute Gasteiger partial charge is 0.548 e. The fourth-order valence-electron chi connectivity index (χ4n) is 6.13. The number of carbonyl (C=O) groups excluding carboxylic acids is 2. The Morgan fingerprint density at radius 1 is 0.451 bits per heavy atom. The molecule has 0 saturated carbocycles. The largest absolute Gasteiger partial charge is 2.00 e. The van der Waals surface area contributed by atoms with Crippen molar-refractivity contribution in [3.8, 4) is 0 Å². The summed E-state index contributed by atoms with van der Waals surface area (Å²) >= 11 is 3.54. The van der Waals surface area contributed by atoms with Crippen molar-refractivity contribution in [2.24, 2.45) is 0 Å². The molecule has 0 aliphatic heterocycles. The van der Waals surface area contributed by atoms with Crippen LogP contribution in [0.3, 0.4) is 0 Å². The fraction of sp³-hybridized carbons (Fsp3) is 0.952. The van der Waals surface area contributed by atoms with E-state index >= 15 is 0 Å². The van der Waals surface area contributed by atoms with Gasteiger partial charge >= 0.3 is 17.1 Å². The molecule has 309 valence electrons. The summed E-state index contributed by atoms with van der Waals surface area (Å²) in [6.45, 7) is 18.6. The molecule has 0 aromatic heterocycles. The van der Waals surface area contributed by atoms with Gasteiger partial charge in [0.1, 0.15) is 0 Å². The van der Waals surface area contributed by atoms with E-state index < -0.39 is 24.0 Å². The van der Waals surface area contributed by atoms with Crippen LogP contribution in [0.5, 0.6) is 0 Å². The first-order chi connectivity index (χ1) is 23.9. The molecule has 0 aromatic carbocycles. The number of hydrogen-bond acceptors (Lipinski definition) is 8. The third-order valence-corrected chi connectivity index (χ3v) is 12.5. The van der Waals surface area contributed by atoms with Crippen LogP contribution < -0.4 is 20.8 Å². The number of unbranched alkanes of at least 4 members (excludes halogenated alkanes) is 20. The Morgan fingerprint density at radius 2 is 0.686 bits per heavy atom. The molecule has 0 fully saturated rings. The standard InChI is InChI=1S/2C21H43NO2S.Cu/c2*1-5-7-9-11-13-15-17-22-19(20(23)24)21(3,4)25-18-16-14-12-10-8-6-2;/h2*19,22H,5-18H2,1-4H3,(H,23,24);/q;;+2/p-2/t2*19-;/m00./s1. The quantitative estimate of drug-likeness (QED) is 0.0477. The minimum absolute atomic E-state index is 0. The first-order valence-corrected chi connectivity index (χ1v) is 23.0. The summed E-state index contributed by atoms with van der Waals surface area (Å²) in [5, 5.41) is 29.6. The number of carboxylic acid groups (broad SMARTS) is 2. The Morgan fingerprint density at radius 3 is 0.941 bits per heavy atom. The van der Waals surface area contributed by atoms with Crippen molar-refractivity contribution in [3.05, 3.63) is 0 Å². The van der Waals surface area contributed by atoms with E-state index in [1.165, 1.54) is 141 Å². The van der Waals surface area contributed by atoms with E-state index in [2.05, 4.69) is 38.3 Å². The van der Waals surface area contributed by atoms with Gasteiger partial charge in [-0.05, 0) is 78.0 Å². The third kappa shape index (κ3) is 34.3. The van der Waals surface area contributed by atoms with Crippen LogP contribution in [0.15, 0.2) is 0 Å². The molecule has 51 heavy (non-hydrogen) atoms. The Bertz CT molecular complexity index is 711. The summed E-state index contributed by atoms with van der Waals surface area (Å²) in [5.41, 5.74) is 0. The van der Waals surface area contributed by atoms with E-state index in [-0.39, 0.29) is 26.6 Å². The molecule has 6 nitrogen and oxygen atoms in total. The number of carboxylic acids is 2. The van der Waals surface area contributed by atoms with Gasteiger partial charge in [-0.2, -0.15) is 23.5 Å². The SMILES string of the molecule is CCCCCCCCN[C@@H](C(=O)[O-])C(C)(C)SCCCCCCCC.CCCCCCCCN[C@@H](C(=O)[O-])C(C)(C)SCCCCCCCC.[Cu+2]. The monoisotopic (exact) mass is 808 g/mol. The van der Waals surface area contributed by atoms with Crippen molar-refractivity contribution < 1.29 is 36.9 Å². The first-order valence-electron chi connectivity index (χ1n) is 21.1. The zero-order valence-corrected chi connectivity index (χ0v) is 37.3. The predicted molar refractivity (Wildman–Crippen MR) is 220 cm³/mol. The molecule has 0 saturated heterocycles. The molecule has 0 rings (SSSR count). The number of hydrogen-bond donors (Lipinski definition) is 2. The molecule has 0 unspecified atom stereocenters. The topological polar surface area (TPSA) is 104 Å². The van der Waals surface area contributed by atoms with E-state index in [0.717, 1.165) is 37.4 Å². The van der Waals surface area contributed by atoms with E-state index in [9.17, 15) is 19.8 Å². The van der Waals surface area contributed by atoms with Gasteiger partial charge in [0.15, 0.2) is 0 Å². The van der Waals surface area contributed by atoms with Crippen LogP contribution in [-0.4, -0.2) is 58.1 Å². The maximum Gasteiger partial charge on any atom is 2.00 e. The average molecular weight is 809 g/mol. The molecule has 2 N–H and O–H groups in total. The van der Waals surface area contributed by atoms with Gasteiger partial charge in [-0.3, -0.25) is 0 Å². The third-order valence-electron chi connectivity index (χ3n) is 9.56. The number of nitrogens with one attached hydrogen (secondary N) is 2. The van der Waals surface area contributed by atoms with Gasteiger partial charge in [-0.25, -0.2) is 0 Å². The van der Waals surface area contributed by atoms with Gasteiger partial charge < -0.3 is 30.4 Å². The van der Waals surface area contributed by atoms with Gasteiger partial charge in [-0.1, -0.05) is 156 Å². The van der Waals surface area contributed by atoms with E-state index in [1.54, 1.807) is 23.5 Å². The van der Waals surface area contributed by atoms with Crippen LogP contribution in [-0.2, 0) is 26.7 Å². The van der Waals surface area contributed by atoms with Crippen LogP contribution >= 0.6 is 23.5 Å². The Balaban J connectivity index is -0.000000886. The van der Waals surface area contributed by atoms with Crippen LogP contribution in [0.1, 0.15) is 209 Å². The number of rotatable bonds is 36. The van der Waals surface area contributed by atoms with Crippen LogP contribution in [0, 0.1) is 0 Å². The van der Waals surface area contributed by atoms with Gasteiger partial charge in [0, 0.05) is 9.49 Å². The van der Waals surface area contributed by atoms with Crippen molar-refractivity contribution in [2.45, 2.75) is 231 Å². The molecule has 0 spiro atoms. The molecule has 0 aromatic rings. The summed E-state index contributed by atoms with van der Waals surface area (Å²) < 4.78 is -0.658. The fourth-order valence-corrected chi connectivity index (χ4v) is 8.57. The van der Waals surface area contributed by atoms with Crippen molar-refractivity contribution >= 4 is 35.5 Å². The van der Waals surface area contributed by atoms with Crippen molar-refractivity contribution in [1.29, 1.82) is 0 Å². The van der Waals surface area contributed by atoms with Gasteiger partial charge in [0.2, 0.25) is 0 Å². The first kappa shape index (κ1) is 55.4. The normalized spacial score (nSPS) is 12.9. The predicted octanol–water partition coefficient (Wildman–Crippen LogP) is 9.85. The summed E-state index contributed by atoms with van der Waals surface area (Å²) in [6, 6.07) is -1.15. The minimum Gasteiger partial charge on any atom is -0.548 e. The van der Waals surface area contributed by atoms with Crippen LogP contribution in [0.25, 0.3) is 0 Å². The molecule has 0 amide bonds. The van der Waals surface area contributed by atoms with Gasteiger partial charge in [0.05, 0.1) is 24.0 Å². The van der Waals surface area contributed by atoms with Gasteiger partial charge in [-0.15, -0.1) is 0 Å². The Labute approximate surface area is 337 Å². The zero-order valence-electron chi connectivity index (χ0n) is 34.7. The second kappa shape index (κ2) is 38.4. The molecule has 0 heterocycles. The molecule has 9 heteroatoms. The maximum atomic E-state index is 11.6. The Hall–Kier alpha value is 0.0795. The molecule has 2 atom stereocenters. The molecule has 0 bridgehead atoms. The van der Waals surface area contributed by atoms with Crippen LogP contribution in [0.4, 0.5) is 0 Å². The van der Waals surface area contributed by atoms with E-state index in [1.807, 2.05) is 27.7 Å². The molecule has 1 radical (unpaired) electrons. The summed E-state index contributed by atoms with van der Waals surface area (Å²) in [4.78, 5) is 23.1. The van der Waals surface area contributed by atoms with E-state index in [0.29, 0.717) is 0 Å². The summed E-state index contributed by atoms with van der Waals surface area (Å²) in [7, 11) is 0. The van der Waals surface area contributed by atoms with Crippen LogP contribution in [0.2, 0.25) is 0 Å². The zero-order chi connectivity index (χ0) is 37.9. The molecule has 0 aliphatic carbocycles. The van der Waals surface area contributed by atoms with Gasteiger partial charge in [0.25, 0.3) is 0 Å². The molecular formula is C42H84CuN2O4S2. The number of aliphatic carboxylic acids is 2. The maximum absolute atomic E-state index is 11.6. The summed E-state index contributed by atoms with van der Waals surface area (Å²) in [5.74, 6) is 0.126. The van der Waals surface area contributed by atoms with Crippen molar-refractivity contribution in [2.75, 3.05) is 24.6 Å². The van der Waals surface area contributed by atoms with E-state index in [4.69, 9.17) is 0 Å². The van der Waals surface area contributed by atoms with Crippen molar-refractivity contribution in [3.63, 3.8) is 0 Å². The number of thioether (sulfide) groups is 2. The molecular weight excluding hydrogens is 724 g/mol.